The lowest BCUT2D eigenvalue weighted by molar-refractivity contribution is 0.415. The highest BCUT2D eigenvalue weighted by Crippen LogP contribution is 2.27. The Bertz CT molecular complexity index is 925. The highest BCUT2D eigenvalue weighted by Gasteiger charge is 2.08. The zero-order valence-electron chi connectivity index (χ0n) is 14.5. The van der Waals surface area contributed by atoms with Crippen LogP contribution in [0.25, 0.3) is 5.69 Å². The van der Waals surface area contributed by atoms with Gasteiger partial charge in [-0.1, -0.05) is 29.8 Å². The normalized spacial score (nSPS) is 10.4. The maximum absolute atomic E-state index is 6.14. The molecule has 0 bridgehead atoms. The summed E-state index contributed by atoms with van der Waals surface area (Å²) >= 11 is 11.5. The number of thiocarbonyl (C=S) groups is 1. The first kappa shape index (κ1) is 18.2. The van der Waals surface area contributed by atoms with E-state index in [9.17, 15) is 0 Å². The van der Waals surface area contributed by atoms with Crippen molar-refractivity contribution in [3.05, 3.63) is 71.3 Å². The fraction of sp³-hybridized carbons (Fsp3) is 0.158. The van der Waals surface area contributed by atoms with Gasteiger partial charge >= 0.3 is 0 Å². The van der Waals surface area contributed by atoms with E-state index in [0.29, 0.717) is 22.4 Å². The highest BCUT2D eigenvalue weighted by atomic mass is 35.5. The van der Waals surface area contributed by atoms with Crippen molar-refractivity contribution in [2.45, 2.75) is 13.5 Å². The van der Waals surface area contributed by atoms with Crippen LogP contribution in [0.1, 0.15) is 11.4 Å². The summed E-state index contributed by atoms with van der Waals surface area (Å²) in [5.74, 6) is 1.56. The Morgan fingerprint density at radius 3 is 2.77 bits per heavy atom. The molecule has 0 spiro atoms. The first-order chi connectivity index (χ1) is 12.6. The summed E-state index contributed by atoms with van der Waals surface area (Å²) in [5, 5.41) is 7.41. The van der Waals surface area contributed by atoms with Gasteiger partial charge in [0.2, 0.25) is 0 Å². The molecule has 0 amide bonds. The second-order valence-corrected chi connectivity index (χ2v) is 6.45. The van der Waals surface area contributed by atoms with Gasteiger partial charge in [0.1, 0.15) is 11.6 Å². The molecular formula is C19H19ClN4OS. The minimum atomic E-state index is 0.517. The number of hydrogen-bond donors (Lipinski definition) is 2. The molecule has 134 valence electrons. The number of rotatable bonds is 5. The number of nitrogens with one attached hydrogen (secondary N) is 2. The predicted octanol–water partition coefficient (Wildman–Crippen LogP) is 4.33. The van der Waals surface area contributed by atoms with E-state index in [2.05, 4.69) is 32.3 Å². The number of aromatic nitrogens is 2. The van der Waals surface area contributed by atoms with Crippen molar-refractivity contribution in [3.8, 4) is 11.4 Å². The molecule has 0 atom stereocenters. The summed E-state index contributed by atoms with van der Waals surface area (Å²) in [5.41, 5.74) is 2.99. The molecule has 0 unspecified atom stereocenters. The molecule has 1 aromatic heterocycles. The third kappa shape index (κ3) is 4.15. The number of aryl methyl sites for hydroxylation is 1. The second kappa shape index (κ2) is 8.21. The minimum Gasteiger partial charge on any atom is -0.495 e. The maximum atomic E-state index is 6.14. The van der Waals surface area contributed by atoms with Gasteiger partial charge in [0.15, 0.2) is 5.11 Å². The van der Waals surface area contributed by atoms with E-state index in [1.807, 2.05) is 31.3 Å². The van der Waals surface area contributed by atoms with Crippen molar-refractivity contribution in [3.63, 3.8) is 0 Å². The standard InChI is InChI=1S/C19H19ClN4OS/c1-13-21-9-10-24(13)17-6-4-3-5-14(17)12-22-19(26)23-15-7-8-18(25-2)16(20)11-15/h3-11H,12H2,1-2H3,(H2,22,23,26). The van der Waals surface area contributed by atoms with Crippen LogP contribution in [0.2, 0.25) is 5.02 Å². The van der Waals surface area contributed by atoms with Crippen LogP contribution in [0.15, 0.2) is 54.9 Å². The van der Waals surface area contributed by atoms with Crippen molar-refractivity contribution in [2.75, 3.05) is 12.4 Å². The van der Waals surface area contributed by atoms with Crippen molar-refractivity contribution in [1.29, 1.82) is 0 Å². The molecule has 3 rings (SSSR count). The Hall–Kier alpha value is -2.57. The van der Waals surface area contributed by atoms with E-state index >= 15 is 0 Å². The second-order valence-electron chi connectivity index (χ2n) is 5.63. The van der Waals surface area contributed by atoms with E-state index in [1.165, 1.54) is 0 Å². The van der Waals surface area contributed by atoms with Crippen molar-refractivity contribution in [1.82, 2.24) is 14.9 Å². The molecule has 0 saturated carbocycles. The van der Waals surface area contributed by atoms with Gasteiger partial charge in [0, 0.05) is 24.6 Å². The zero-order valence-corrected chi connectivity index (χ0v) is 16.1. The van der Waals surface area contributed by atoms with Gasteiger partial charge in [0.05, 0.1) is 17.8 Å². The SMILES string of the molecule is COc1ccc(NC(=S)NCc2ccccc2-n2ccnc2C)cc1Cl. The Kier molecular flexibility index (Phi) is 5.75. The van der Waals surface area contributed by atoms with Crippen LogP contribution in [-0.4, -0.2) is 21.8 Å². The molecule has 3 aromatic rings. The number of benzene rings is 2. The van der Waals surface area contributed by atoms with Gasteiger partial charge in [-0.25, -0.2) is 4.98 Å². The number of methoxy groups -OCH3 is 1. The first-order valence-electron chi connectivity index (χ1n) is 8.05. The van der Waals surface area contributed by atoms with Crippen LogP contribution in [0, 0.1) is 6.92 Å². The monoisotopic (exact) mass is 386 g/mol. The molecular weight excluding hydrogens is 368 g/mol. The first-order valence-corrected chi connectivity index (χ1v) is 8.83. The molecule has 5 nitrogen and oxygen atoms in total. The molecule has 0 fully saturated rings. The number of nitrogens with zero attached hydrogens (tertiary/aromatic N) is 2. The van der Waals surface area contributed by atoms with Crippen molar-refractivity contribution < 1.29 is 4.74 Å². The minimum absolute atomic E-state index is 0.517. The number of halogens is 1. The average Bonchev–Trinajstić information content (AvgIpc) is 3.06. The van der Waals surface area contributed by atoms with E-state index in [1.54, 1.807) is 25.4 Å². The van der Waals surface area contributed by atoms with Crippen LogP contribution in [0.5, 0.6) is 5.75 Å². The van der Waals surface area contributed by atoms with Gasteiger partial charge in [-0.15, -0.1) is 0 Å². The fourth-order valence-corrected chi connectivity index (χ4v) is 3.07. The third-order valence-electron chi connectivity index (χ3n) is 3.93. The molecule has 0 aliphatic heterocycles. The molecule has 0 aliphatic rings. The molecule has 7 heteroatoms. The van der Waals surface area contributed by atoms with Crippen molar-refractivity contribution >= 4 is 34.6 Å². The molecule has 2 aromatic carbocycles. The van der Waals surface area contributed by atoms with Gasteiger partial charge in [-0.2, -0.15) is 0 Å². The number of hydrogen-bond acceptors (Lipinski definition) is 3. The van der Waals surface area contributed by atoms with Crippen molar-refractivity contribution in [2.24, 2.45) is 0 Å². The van der Waals surface area contributed by atoms with Crippen LogP contribution in [0.4, 0.5) is 5.69 Å². The molecule has 26 heavy (non-hydrogen) atoms. The maximum Gasteiger partial charge on any atom is 0.171 e. The Morgan fingerprint density at radius 1 is 1.27 bits per heavy atom. The van der Waals surface area contributed by atoms with E-state index in [-0.39, 0.29) is 0 Å². The number of anilines is 1. The Labute approximate surface area is 163 Å². The number of ether oxygens (including phenoxy) is 1. The summed E-state index contributed by atoms with van der Waals surface area (Å²) < 4.78 is 7.21. The molecule has 0 aliphatic carbocycles. The Morgan fingerprint density at radius 2 is 2.08 bits per heavy atom. The fourth-order valence-electron chi connectivity index (χ4n) is 2.62. The summed E-state index contributed by atoms with van der Waals surface area (Å²) in [6, 6.07) is 13.6. The average molecular weight is 387 g/mol. The van der Waals surface area contributed by atoms with E-state index < -0.39 is 0 Å². The van der Waals surface area contributed by atoms with Gasteiger partial charge in [-0.3, -0.25) is 0 Å². The van der Waals surface area contributed by atoms with Gasteiger partial charge in [-0.05, 0) is 49.0 Å². The van der Waals surface area contributed by atoms with Crippen LogP contribution < -0.4 is 15.4 Å². The molecule has 1 heterocycles. The van der Waals surface area contributed by atoms with Crippen LogP contribution >= 0.6 is 23.8 Å². The molecule has 0 radical (unpaired) electrons. The van der Waals surface area contributed by atoms with Gasteiger partial charge in [0.25, 0.3) is 0 Å². The smallest absolute Gasteiger partial charge is 0.171 e. The lowest BCUT2D eigenvalue weighted by atomic mass is 10.1. The summed E-state index contributed by atoms with van der Waals surface area (Å²) in [7, 11) is 1.58. The zero-order chi connectivity index (χ0) is 18.5. The highest BCUT2D eigenvalue weighted by molar-refractivity contribution is 7.80. The largest absolute Gasteiger partial charge is 0.495 e. The topological polar surface area (TPSA) is 51.1 Å². The lowest BCUT2D eigenvalue weighted by Gasteiger charge is -2.15. The van der Waals surface area contributed by atoms with Crippen LogP contribution in [-0.2, 0) is 6.54 Å². The number of imidazole rings is 1. The third-order valence-corrected chi connectivity index (χ3v) is 4.47. The number of para-hydroxylation sites is 1. The van der Waals surface area contributed by atoms with Gasteiger partial charge < -0.3 is 19.9 Å². The van der Waals surface area contributed by atoms with E-state index in [4.69, 9.17) is 28.6 Å². The quantitative estimate of drug-likeness (QED) is 0.639. The summed E-state index contributed by atoms with van der Waals surface area (Å²) in [6.07, 6.45) is 3.74. The Balaban J connectivity index is 1.67. The predicted molar refractivity (Wildman–Crippen MR) is 109 cm³/mol. The molecule has 0 saturated heterocycles. The van der Waals surface area contributed by atoms with E-state index in [0.717, 1.165) is 22.8 Å². The summed E-state index contributed by atoms with van der Waals surface area (Å²) in [4.78, 5) is 4.29. The molecule has 2 N–H and O–H groups in total. The van der Waals surface area contributed by atoms with Crippen LogP contribution in [0.3, 0.4) is 0 Å². The lowest BCUT2D eigenvalue weighted by Crippen LogP contribution is -2.28. The summed E-state index contributed by atoms with van der Waals surface area (Å²) in [6.45, 7) is 2.56.